The molecule has 3 heteroatoms. The molecule has 1 atom stereocenters. The first-order valence-corrected chi connectivity index (χ1v) is 4.13. The Morgan fingerprint density at radius 1 is 1.50 bits per heavy atom. The van der Waals surface area contributed by atoms with E-state index in [9.17, 15) is 5.11 Å². The molecule has 1 aromatic rings. The third-order valence-electron chi connectivity index (χ3n) is 1.59. The highest BCUT2D eigenvalue weighted by Crippen LogP contribution is 2.26. The van der Waals surface area contributed by atoms with Crippen molar-refractivity contribution in [3.05, 3.63) is 28.8 Å². The summed E-state index contributed by atoms with van der Waals surface area (Å²) in [5.74, 6) is 0.142. The van der Waals surface area contributed by atoms with Crippen LogP contribution in [0.1, 0.15) is 12.5 Å². The molecule has 0 bridgehead atoms. The summed E-state index contributed by atoms with van der Waals surface area (Å²) < 4.78 is 0. The summed E-state index contributed by atoms with van der Waals surface area (Å²) in [4.78, 5) is 0. The number of benzene rings is 1. The number of hydrogen-bond donors (Lipinski definition) is 2. The van der Waals surface area contributed by atoms with E-state index in [1.54, 1.807) is 25.1 Å². The van der Waals surface area contributed by atoms with Crippen LogP contribution in [0.15, 0.2) is 18.2 Å². The van der Waals surface area contributed by atoms with Crippen LogP contribution < -0.4 is 0 Å². The van der Waals surface area contributed by atoms with Crippen molar-refractivity contribution in [3.8, 4) is 5.75 Å². The number of phenols is 1. The Morgan fingerprint density at radius 2 is 2.17 bits per heavy atom. The van der Waals surface area contributed by atoms with Crippen LogP contribution in [0.2, 0.25) is 5.02 Å². The molecule has 1 rings (SSSR count). The van der Waals surface area contributed by atoms with Crippen LogP contribution in [0.5, 0.6) is 5.75 Å². The zero-order chi connectivity index (χ0) is 9.14. The first kappa shape index (κ1) is 9.36. The Hall–Kier alpha value is -0.730. The van der Waals surface area contributed by atoms with Crippen LogP contribution in [0, 0.1) is 0 Å². The van der Waals surface area contributed by atoms with E-state index in [1.165, 1.54) is 0 Å². The maximum atomic E-state index is 9.34. The smallest absolute Gasteiger partial charge is 0.120 e. The van der Waals surface area contributed by atoms with Crippen molar-refractivity contribution in [2.24, 2.45) is 0 Å². The molecule has 0 aliphatic heterocycles. The average Bonchev–Trinajstić information content (AvgIpc) is 1.97. The van der Waals surface area contributed by atoms with Crippen LogP contribution in [0.25, 0.3) is 0 Å². The fraction of sp³-hybridized carbons (Fsp3) is 0.333. The highest BCUT2D eigenvalue weighted by molar-refractivity contribution is 6.31. The largest absolute Gasteiger partial charge is 0.508 e. The van der Waals surface area contributed by atoms with Gasteiger partial charge >= 0.3 is 0 Å². The molecule has 2 N–H and O–H groups in total. The van der Waals surface area contributed by atoms with Crippen molar-refractivity contribution in [2.45, 2.75) is 19.4 Å². The quantitative estimate of drug-likeness (QED) is 0.742. The number of halogens is 1. The number of aliphatic hydroxyl groups excluding tert-OH is 1. The lowest BCUT2D eigenvalue weighted by Crippen LogP contribution is -2.04. The maximum absolute atomic E-state index is 9.34. The van der Waals surface area contributed by atoms with Gasteiger partial charge in [-0.2, -0.15) is 0 Å². The molecule has 0 spiro atoms. The number of phenolic OH excluding ortho intramolecular Hbond substituents is 1. The Bertz CT molecular complexity index is 251. The Balaban J connectivity index is 2.96. The van der Waals surface area contributed by atoms with Crippen molar-refractivity contribution < 1.29 is 10.2 Å². The van der Waals surface area contributed by atoms with Gasteiger partial charge < -0.3 is 10.2 Å². The van der Waals surface area contributed by atoms with Crippen LogP contribution >= 0.6 is 11.6 Å². The molecule has 66 valence electrons. The van der Waals surface area contributed by atoms with Gasteiger partial charge in [0.25, 0.3) is 0 Å². The molecule has 0 saturated carbocycles. The molecule has 0 heterocycles. The minimum Gasteiger partial charge on any atom is -0.508 e. The molecule has 0 saturated heterocycles. The first-order valence-electron chi connectivity index (χ1n) is 3.75. The third-order valence-corrected chi connectivity index (χ3v) is 1.95. The molecular weight excluding hydrogens is 176 g/mol. The monoisotopic (exact) mass is 186 g/mol. The van der Waals surface area contributed by atoms with Gasteiger partial charge in [0, 0.05) is 17.0 Å². The predicted octanol–water partition coefficient (Wildman–Crippen LogP) is 1.97. The van der Waals surface area contributed by atoms with E-state index in [4.69, 9.17) is 16.7 Å². The fourth-order valence-corrected chi connectivity index (χ4v) is 1.29. The summed E-state index contributed by atoms with van der Waals surface area (Å²) >= 11 is 5.80. The molecule has 0 unspecified atom stereocenters. The molecule has 0 fully saturated rings. The van der Waals surface area contributed by atoms with Crippen molar-refractivity contribution in [1.82, 2.24) is 0 Å². The standard InChI is InChI=1S/C9H11ClO2/c1-6(11)5-7-8(10)3-2-4-9(7)12/h2-4,6,11-12H,5H2,1H3/t6-/m1/s1. The minimum atomic E-state index is -0.490. The number of aliphatic hydroxyl groups is 1. The molecule has 0 aliphatic carbocycles. The van der Waals surface area contributed by atoms with E-state index in [1.807, 2.05) is 0 Å². The third kappa shape index (κ3) is 2.13. The molecule has 12 heavy (non-hydrogen) atoms. The van der Waals surface area contributed by atoms with Gasteiger partial charge in [0.05, 0.1) is 6.10 Å². The normalized spacial score (nSPS) is 12.9. The SMILES string of the molecule is C[C@@H](O)Cc1c(O)cccc1Cl. The van der Waals surface area contributed by atoms with Gasteiger partial charge in [0.1, 0.15) is 5.75 Å². The van der Waals surface area contributed by atoms with E-state index >= 15 is 0 Å². The topological polar surface area (TPSA) is 40.5 Å². The summed E-state index contributed by atoms with van der Waals surface area (Å²) in [5.41, 5.74) is 0.606. The highest BCUT2D eigenvalue weighted by Gasteiger charge is 2.07. The second-order valence-electron chi connectivity index (χ2n) is 2.79. The van der Waals surface area contributed by atoms with Crippen LogP contribution in [-0.4, -0.2) is 16.3 Å². The van der Waals surface area contributed by atoms with Gasteiger partial charge in [0.15, 0.2) is 0 Å². The maximum Gasteiger partial charge on any atom is 0.120 e. The second-order valence-corrected chi connectivity index (χ2v) is 3.20. The lowest BCUT2D eigenvalue weighted by atomic mass is 10.1. The lowest BCUT2D eigenvalue weighted by molar-refractivity contribution is 0.194. The van der Waals surface area contributed by atoms with E-state index in [0.29, 0.717) is 17.0 Å². The number of hydrogen-bond acceptors (Lipinski definition) is 2. The highest BCUT2D eigenvalue weighted by atomic mass is 35.5. The van der Waals surface area contributed by atoms with Crippen LogP contribution in [-0.2, 0) is 6.42 Å². The molecule has 2 nitrogen and oxygen atoms in total. The van der Waals surface area contributed by atoms with Gasteiger partial charge in [-0.05, 0) is 19.1 Å². The van der Waals surface area contributed by atoms with Crippen molar-refractivity contribution in [2.75, 3.05) is 0 Å². The second kappa shape index (κ2) is 3.78. The molecule has 0 aliphatic rings. The van der Waals surface area contributed by atoms with E-state index in [2.05, 4.69) is 0 Å². The number of aromatic hydroxyl groups is 1. The minimum absolute atomic E-state index is 0.142. The molecular formula is C9H11ClO2. The van der Waals surface area contributed by atoms with Crippen LogP contribution in [0.3, 0.4) is 0 Å². The van der Waals surface area contributed by atoms with Gasteiger partial charge in [-0.3, -0.25) is 0 Å². The number of rotatable bonds is 2. The van der Waals surface area contributed by atoms with Crippen LogP contribution in [0.4, 0.5) is 0 Å². The van der Waals surface area contributed by atoms with Gasteiger partial charge in [0.2, 0.25) is 0 Å². The average molecular weight is 187 g/mol. The van der Waals surface area contributed by atoms with Gasteiger partial charge in [-0.25, -0.2) is 0 Å². The Labute approximate surface area is 76.4 Å². The van der Waals surface area contributed by atoms with E-state index in [-0.39, 0.29) is 5.75 Å². The summed E-state index contributed by atoms with van der Waals surface area (Å²) in [6, 6.07) is 4.92. The fourth-order valence-electron chi connectivity index (χ4n) is 1.04. The summed E-state index contributed by atoms with van der Waals surface area (Å²) in [6.07, 6.45) is -0.110. The lowest BCUT2D eigenvalue weighted by Gasteiger charge is -2.08. The molecule has 0 amide bonds. The summed E-state index contributed by atoms with van der Waals surface area (Å²) in [6.45, 7) is 1.66. The van der Waals surface area contributed by atoms with E-state index in [0.717, 1.165) is 0 Å². The zero-order valence-electron chi connectivity index (χ0n) is 6.79. The van der Waals surface area contributed by atoms with Crippen molar-refractivity contribution in [1.29, 1.82) is 0 Å². The predicted molar refractivity (Wildman–Crippen MR) is 48.5 cm³/mol. The summed E-state index contributed by atoms with van der Waals surface area (Å²) in [5, 5.41) is 18.9. The zero-order valence-corrected chi connectivity index (χ0v) is 7.54. The first-order chi connectivity index (χ1) is 5.61. The summed E-state index contributed by atoms with van der Waals surface area (Å²) in [7, 11) is 0. The molecule has 1 aromatic carbocycles. The van der Waals surface area contributed by atoms with E-state index < -0.39 is 6.10 Å². The molecule has 0 radical (unpaired) electrons. The van der Waals surface area contributed by atoms with Gasteiger partial charge in [-0.1, -0.05) is 17.7 Å². The van der Waals surface area contributed by atoms with Crippen molar-refractivity contribution in [3.63, 3.8) is 0 Å². The Kier molecular flexibility index (Phi) is 2.95. The van der Waals surface area contributed by atoms with Gasteiger partial charge in [-0.15, -0.1) is 0 Å². The Morgan fingerprint density at radius 3 is 2.67 bits per heavy atom. The van der Waals surface area contributed by atoms with Crippen molar-refractivity contribution >= 4 is 11.6 Å². The molecule has 0 aromatic heterocycles.